The Kier molecular flexibility index (Phi) is 4.71. The summed E-state index contributed by atoms with van der Waals surface area (Å²) in [5.41, 5.74) is 2.82. The second-order valence-electron chi connectivity index (χ2n) is 5.48. The van der Waals surface area contributed by atoms with E-state index < -0.39 is 0 Å². The minimum atomic E-state index is 0.0594. The lowest BCUT2D eigenvalue weighted by atomic mass is 9.88. The molecule has 1 atom stereocenters. The molecule has 110 valence electrons. The molecule has 0 radical (unpaired) electrons. The fourth-order valence-corrected chi connectivity index (χ4v) is 4.67. The zero-order valence-corrected chi connectivity index (χ0v) is 13.9. The lowest BCUT2D eigenvalue weighted by molar-refractivity contribution is 0.706. The van der Waals surface area contributed by atoms with Crippen molar-refractivity contribution in [1.29, 1.82) is 0 Å². The maximum atomic E-state index is 2.30. The van der Waals surface area contributed by atoms with Crippen molar-refractivity contribution in [3.8, 4) is 0 Å². The Morgan fingerprint density at radius 3 is 1.45 bits per heavy atom. The molecule has 0 heterocycles. The van der Waals surface area contributed by atoms with Gasteiger partial charge in [0, 0.05) is 5.16 Å². The van der Waals surface area contributed by atoms with Gasteiger partial charge < -0.3 is 0 Å². The molecule has 22 heavy (non-hydrogen) atoms. The first-order valence-electron chi connectivity index (χ1n) is 7.79. The first kappa shape index (κ1) is 15.0. The highest BCUT2D eigenvalue weighted by molar-refractivity contribution is 7.48. The maximum Gasteiger partial charge on any atom is 0.0412 e. The van der Waals surface area contributed by atoms with Gasteiger partial charge in [-0.1, -0.05) is 106 Å². The average molecular weight is 304 g/mol. The molecule has 0 nitrogen and oxygen atoms in total. The van der Waals surface area contributed by atoms with E-state index in [1.807, 2.05) is 0 Å². The third-order valence-electron chi connectivity index (χ3n) is 4.20. The smallest absolute Gasteiger partial charge is 0.0412 e. The molecule has 0 aliphatic heterocycles. The number of benzene rings is 3. The molecule has 0 spiro atoms. The molecule has 0 saturated heterocycles. The highest BCUT2D eigenvalue weighted by Crippen LogP contribution is 2.49. The van der Waals surface area contributed by atoms with Crippen molar-refractivity contribution < 1.29 is 0 Å². The third-order valence-corrected chi connectivity index (χ3v) is 6.17. The highest BCUT2D eigenvalue weighted by atomic mass is 31.1. The van der Waals surface area contributed by atoms with E-state index in [2.05, 4.69) is 97.9 Å². The van der Waals surface area contributed by atoms with Crippen LogP contribution < -0.4 is 5.30 Å². The van der Waals surface area contributed by atoms with Crippen molar-refractivity contribution in [3.05, 3.63) is 102 Å². The Morgan fingerprint density at radius 1 is 0.636 bits per heavy atom. The van der Waals surface area contributed by atoms with Gasteiger partial charge in [0.2, 0.25) is 0 Å². The minimum absolute atomic E-state index is 0.0594. The van der Waals surface area contributed by atoms with E-state index >= 15 is 0 Å². The number of rotatable bonds is 5. The van der Waals surface area contributed by atoms with E-state index in [4.69, 9.17) is 0 Å². The fourth-order valence-electron chi connectivity index (χ4n) is 3.02. The van der Waals surface area contributed by atoms with E-state index in [0.29, 0.717) is 0 Å². The lowest BCUT2D eigenvalue weighted by Crippen LogP contribution is -2.24. The van der Waals surface area contributed by atoms with Crippen molar-refractivity contribution in [1.82, 2.24) is 0 Å². The molecule has 0 aromatic heterocycles. The second-order valence-corrected chi connectivity index (χ2v) is 7.16. The molecule has 1 unspecified atom stereocenters. The van der Waals surface area contributed by atoms with Gasteiger partial charge in [-0.15, -0.1) is 0 Å². The largest absolute Gasteiger partial charge is 0.0748 e. The third kappa shape index (κ3) is 2.98. The molecule has 1 heteroatoms. The van der Waals surface area contributed by atoms with Crippen LogP contribution >= 0.6 is 8.58 Å². The first-order chi connectivity index (χ1) is 10.8. The van der Waals surface area contributed by atoms with Crippen LogP contribution in [-0.2, 0) is 5.16 Å². The molecule has 0 amide bonds. The predicted octanol–water partition coefficient (Wildman–Crippen LogP) is 5.34. The van der Waals surface area contributed by atoms with Crippen molar-refractivity contribution in [2.45, 2.75) is 18.5 Å². The highest BCUT2D eigenvalue weighted by Gasteiger charge is 2.32. The monoisotopic (exact) mass is 304 g/mol. The quantitative estimate of drug-likeness (QED) is 0.558. The van der Waals surface area contributed by atoms with Crippen LogP contribution in [0.15, 0.2) is 91.0 Å². The summed E-state index contributed by atoms with van der Waals surface area (Å²) in [6, 6.07) is 32.7. The average Bonchev–Trinajstić information content (AvgIpc) is 2.62. The summed E-state index contributed by atoms with van der Waals surface area (Å²) in [6.45, 7) is 2.30. The molecule has 0 saturated carbocycles. The zero-order valence-electron chi connectivity index (χ0n) is 12.9. The molecule has 0 bridgehead atoms. The summed E-state index contributed by atoms with van der Waals surface area (Å²) >= 11 is 0. The first-order valence-corrected chi connectivity index (χ1v) is 8.79. The zero-order chi connectivity index (χ0) is 15.3. The van der Waals surface area contributed by atoms with Crippen LogP contribution in [0.3, 0.4) is 0 Å². The molecule has 0 aliphatic rings. The summed E-state index contributed by atoms with van der Waals surface area (Å²) in [5.74, 6) is 0. The van der Waals surface area contributed by atoms with Gasteiger partial charge in [-0.3, -0.25) is 0 Å². The molecule has 0 aliphatic carbocycles. The normalized spacial score (nSPS) is 11.9. The van der Waals surface area contributed by atoms with Gasteiger partial charge in [0.1, 0.15) is 0 Å². The van der Waals surface area contributed by atoms with Crippen molar-refractivity contribution in [2.75, 3.05) is 0 Å². The molecule has 3 rings (SSSR count). The van der Waals surface area contributed by atoms with E-state index in [0.717, 1.165) is 15.0 Å². The molecular formula is C21H21P. The van der Waals surface area contributed by atoms with Gasteiger partial charge in [0.15, 0.2) is 0 Å². The lowest BCUT2D eigenvalue weighted by Gasteiger charge is -2.34. The molecule has 0 N–H and O–H groups in total. The van der Waals surface area contributed by atoms with Gasteiger partial charge in [0.25, 0.3) is 0 Å². The van der Waals surface area contributed by atoms with Crippen molar-refractivity contribution in [3.63, 3.8) is 0 Å². The number of hydrogen-bond donors (Lipinski definition) is 0. The van der Waals surface area contributed by atoms with Gasteiger partial charge >= 0.3 is 0 Å². The molecule has 3 aromatic rings. The van der Waals surface area contributed by atoms with E-state index in [1.165, 1.54) is 16.4 Å². The summed E-state index contributed by atoms with van der Waals surface area (Å²) < 4.78 is 0. The van der Waals surface area contributed by atoms with Crippen LogP contribution in [0.5, 0.6) is 0 Å². The van der Waals surface area contributed by atoms with Crippen LogP contribution in [0.1, 0.15) is 24.5 Å². The van der Waals surface area contributed by atoms with E-state index in [-0.39, 0.29) is 5.16 Å². The van der Waals surface area contributed by atoms with Crippen molar-refractivity contribution in [2.24, 2.45) is 0 Å². The predicted molar refractivity (Wildman–Crippen MR) is 98.3 cm³/mol. The molecular weight excluding hydrogens is 283 g/mol. The maximum absolute atomic E-state index is 2.30. The Hall–Kier alpha value is -1.91. The Morgan fingerprint density at radius 2 is 1.05 bits per heavy atom. The Labute approximate surface area is 135 Å². The fraction of sp³-hybridized carbons (Fsp3) is 0.143. The van der Waals surface area contributed by atoms with Gasteiger partial charge in [-0.05, 0) is 22.9 Å². The summed E-state index contributed by atoms with van der Waals surface area (Å²) in [6.07, 6.45) is 1.09. The second kappa shape index (κ2) is 6.90. The molecule has 3 aromatic carbocycles. The standard InChI is InChI=1S/C21H21P/c1-2-21(18-12-6-3-7-13-18,19-14-8-4-9-15-19)22-20-16-10-5-11-17-20/h3-17,22H,2H2,1H3. The van der Waals surface area contributed by atoms with Gasteiger partial charge in [-0.25, -0.2) is 0 Å². The number of hydrogen-bond acceptors (Lipinski definition) is 0. The van der Waals surface area contributed by atoms with Crippen molar-refractivity contribution >= 4 is 13.9 Å². The Bertz CT molecular complexity index is 650. The summed E-state index contributed by atoms with van der Waals surface area (Å²) in [5, 5.41) is 1.47. The van der Waals surface area contributed by atoms with Crippen LogP contribution in [0.4, 0.5) is 0 Å². The van der Waals surface area contributed by atoms with Gasteiger partial charge in [-0.2, -0.15) is 0 Å². The van der Waals surface area contributed by atoms with E-state index in [1.54, 1.807) is 0 Å². The van der Waals surface area contributed by atoms with Crippen LogP contribution in [0, 0.1) is 0 Å². The topological polar surface area (TPSA) is 0 Å². The van der Waals surface area contributed by atoms with Crippen LogP contribution in [0.2, 0.25) is 0 Å². The van der Waals surface area contributed by atoms with E-state index in [9.17, 15) is 0 Å². The molecule has 0 fully saturated rings. The summed E-state index contributed by atoms with van der Waals surface area (Å²) in [4.78, 5) is 0. The summed E-state index contributed by atoms with van der Waals surface area (Å²) in [7, 11) is 0.721. The SMILES string of the molecule is CCC(Pc1ccccc1)(c1ccccc1)c1ccccc1. The van der Waals surface area contributed by atoms with Crippen LogP contribution in [0.25, 0.3) is 0 Å². The van der Waals surface area contributed by atoms with Gasteiger partial charge in [0.05, 0.1) is 0 Å². The minimum Gasteiger partial charge on any atom is -0.0748 e. The Balaban J connectivity index is 2.13. The van der Waals surface area contributed by atoms with Crippen LogP contribution in [-0.4, -0.2) is 0 Å².